The molecule has 1 aromatic carbocycles. The number of carbonyl (C=O) groups excluding carboxylic acids is 6. The molecule has 0 aromatic heterocycles. The van der Waals surface area contributed by atoms with E-state index in [0.29, 0.717) is 24.4 Å². The summed E-state index contributed by atoms with van der Waals surface area (Å²) in [4.78, 5) is 84.2. The molecular weight excluding hydrogens is 674 g/mol. The maximum absolute atomic E-state index is 14.4. The molecule has 3 rings (SSSR count). The van der Waals surface area contributed by atoms with Crippen molar-refractivity contribution in [3.8, 4) is 0 Å². The average molecular weight is 740 g/mol. The van der Waals surface area contributed by atoms with Gasteiger partial charge in [0.25, 0.3) is 5.91 Å². The minimum atomic E-state index is -1.14. The van der Waals surface area contributed by atoms with Gasteiger partial charge in [0, 0.05) is 26.7 Å². The first-order valence-electron chi connectivity index (χ1n) is 19.1. The summed E-state index contributed by atoms with van der Waals surface area (Å²) in [6.07, 6.45) is 1.33. The van der Waals surface area contributed by atoms with E-state index in [4.69, 9.17) is 0 Å². The molecule has 13 nitrogen and oxygen atoms in total. The van der Waals surface area contributed by atoms with Gasteiger partial charge in [-0.2, -0.15) is 0 Å². The van der Waals surface area contributed by atoms with Gasteiger partial charge in [0.05, 0.1) is 24.8 Å². The first kappa shape index (κ1) is 43.6. The Hall–Kier alpha value is -3.84. The Morgan fingerprint density at radius 3 is 2.11 bits per heavy atom. The number of likely N-dealkylation sites (N-methyl/N-ethyl adjacent to an activating group) is 1. The van der Waals surface area contributed by atoms with Crippen LogP contribution < -0.4 is 26.6 Å². The number of benzene rings is 1. The number of amides is 5. The molecule has 1 saturated carbocycles. The summed E-state index contributed by atoms with van der Waals surface area (Å²) in [5, 5.41) is 14.9. The number of nitrogens with zero attached hydrogens (tertiary/aromatic N) is 2. The second kappa shape index (κ2) is 18.0. The van der Waals surface area contributed by atoms with E-state index in [-0.39, 0.29) is 47.7 Å². The highest BCUT2D eigenvalue weighted by Crippen LogP contribution is 2.65. The summed E-state index contributed by atoms with van der Waals surface area (Å²) < 4.78 is 0. The lowest BCUT2D eigenvalue weighted by molar-refractivity contribution is -0.145. The largest absolute Gasteiger partial charge is 0.347 e. The van der Waals surface area contributed by atoms with Crippen LogP contribution in [0.1, 0.15) is 100 Å². The van der Waals surface area contributed by atoms with Crippen LogP contribution >= 0.6 is 0 Å². The van der Waals surface area contributed by atoms with Crippen LogP contribution in [0, 0.1) is 28.6 Å². The van der Waals surface area contributed by atoms with Crippen LogP contribution in [0.25, 0.3) is 0 Å². The number of hydrogen-bond acceptors (Lipinski definition) is 8. The third-order valence-electron chi connectivity index (χ3n) is 11.0. The summed E-state index contributed by atoms with van der Waals surface area (Å²) >= 11 is 0. The fourth-order valence-corrected chi connectivity index (χ4v) is 7.30. The molecule has 8 atom stereocenters. The standard InChI is InChI=1S/C40H65N7O6/c1-13-14-20-28(33(49)36(51)41-21-29(48)45-31(37(52)46(11)12)26-18-16-15-17-19-26)44-35(50)32-30-27(40(30,9)10)22-47(32)38(53)34(39(6,7)8)43-25(5)42-24(4)23(2)3/h15-19,23-25,27-28,30-32,34,42-43H,13-14,20-22H2,1-12H3,(H,41,51)(H,44,50)(H,45,48)/t24?,25-,27?,28?,30?,31?,32?,34?/m1/s1. The van der Waals surface area contributed by atoms with Gasteiger partial charge in [0.2, 0.25) is 29.4 Å². The molecule has 0 radical (unpaired) electrons. The fourth-order valence-electron chi connectivity index (χ4n) is 7.30. The molecule has 7 unspecified atom stereocenters. The van der Waals surface area contributed by atoms with Gasteiger partial charge in [-0.1, -0.05) is 98.6 Å². The second-order valence-electron chi connectivity index (χ2n) is 17.2. The number of Topliss-reactive ketones (excluding diaryl/α,β-unsaturated/α-hetero) is 1. The number of fused-ring (bicyclic) bond motifs is 1. The van der Waals surface area contributed by atoms with Gasteiger partial charge in [-0.3, -0.25) is 39.4 Å². The first-order valence-corrected chi connectivity index (χ1v) is 19.1. The molecule has 1 aromatic rings. The van der Waals surface area contributed by atoms with Crippen LogP contribution in [0.2, 0.25) is 0 Å². The van der Waals surface area contributed by atoms with Crippen molar-refractivity contribution in [3.05, 3.63) is 35.9 Å². The normalized spacial score (nSPS) is 21.8. The van der Waals surface area contributed by atoms with Crippen molar-refractivity contribution in [3.63, 3.8) is 0 Å². The monoisotopic (exact) mass is 739 g/mol. The molecule has 296 valence electrons. The molecule has 5 amide bonds. The van der Waals surface area contributed by atoms with E-state index in [9.17, 15) is 28.8 Å². The van der Waals surface area contributed by atoms with Crippen LogP contribution in [0.3, 0.4) is 0 Å². The molecule has 1 heterocycles. The molecule has 2 aliphatic rings. The fraction of sp³-hybridized carbons (Fsp3) is 0.700. The van der Waals surface area contributed by atoms with Crippen molar-refractivity contribution >= 4 is 35.3 Å². The van der Waals surface area contributed by atoms with Crippen molar-refractivity contribution < 1.29 is 28.8 Å². The summed E-state index contributed by atoms with van der Waals surface area (Å²) in [7, 11) is 3.15. The van der Waals surface area contributed by atoms with E-state index < -0.39 is 59.6 Å². The van der Waals surface area contributed by atoms with Gasteiger partial charge in [-0.25, -0.2) is 0 Å². The number of piperidine rings is 1. The molecular formula is C40H65N7O6. The maximum atomic E-state index is 14.4. The van der Waals surface area contributed by atoms with E-state index in [0.717, 1.165) is 6.42 Å². The zero-order valence-electron chi connectivity index (χ0n) is 34.0. The molecule has 5 N–H and O–H groups in total. The summed E-state index contributed by atoms with van der Waals surface area (Å²) in [6.45, 7) is 20.4. The quantitative estimate of drug-likeness (QED) is 0.113. The molecule has 1 aliphatic heterocycles. The maximum Gasteiger partial charge on any atom is 0.290 e. The Bertz CT molecular complexity index is 1470. The van der Waals surface area contributed by atoms with Crippen molar-refractivity contribution in [2.24, 2.45) is 28.6 Å². The highest BCUT2D eigenvalue weighted by Gasteiger charge is 2.69. The summed E-state index contributed by atoms with van der Waals surface area (Å²) in [6, 6.07) is 5.42. The highest BCUT2D eigenvalue weighted by molar-refractivity contribution is 6.38. The lowest BCUT2D eigenvalue weighted by atomic mass is 9.85. The third-order valence-corrected chi connectivity index (χ3v) is 11.0. The zero-order chi connectivity index (χ0) is 40.0. The van der Waals surface area contributed by atoms with Gasteiger partial charge >= 0.3 is 0 Å². The number of carbonyl (C=O) groups is 6. The Labute approximate surface area is 316 Å². The Balaban J connectivity index is 1.75. The topological polar surface area (TPSA) is 169 Å². The SMILES string of the molecule is CCCCC(NC(=O)C1C2C(CN1C(=O)C(N[C@H](C)NC(C)C(C)C)C(C)(C)C)C2(C)C)C(=O)C(=O)NCC(=O)NC(C(=O)N(C)C)c1ccccc1. The van der Waals surface area contributed by atoms with Crippen molar-refractivity contribution in [1.29, 1.82) is 0 Å². The number of nitrogens with one attached hydrogen (secondary N) is 5. The molecule has 2 fully saturated rings. The number of likely N-dealkylation sites (tertiary alicyclic amines) is 1. The Kier molecular flexibility index (Phi) is 14.8. The van der Waals surface area contributed by atoms with Crippen LogP contribution in [0.4, 0.5) is 0 Å². The minimum absolute atomic E-state index is 0.0922. The first-order chi connectivity index (χ1) is 24.6. The van der Waals surface area contributed by atoms with Gasteiger partial charge in [0.1, 0.15) is 12.1 Å². The van der Waals surface area contributed by atoms with Crippen molar-refractivity contribution in [1.82, 2.24) is 36.4 Å². The Morgan fingerprint density at radius 2 is 1.57 bits per heavy atom. The molecule has 53 heavy (non-hydrogen) atoms. The summed E-state index contributed by atoms with van der Waals surface area (Å²) in [5.41, 5.74) is -0.0618. The number of rotatable bonds is 18. The third kappa shape index (κ3) is 10.9. The smallest absolute Gasteiger partial charge is 0.290 e. The number of unbranched alkanes of at least 4 members (excludes halogenated alkanes) is 1. The Morgan fingerprint density at radius 1 is 0.943 bits per heavy atom. The van der Waals surface area contributed by atoms with E-state index in [1.807, 2.05) is 34.6 Å². The molecule has 0 bridgehead atoms. The van der Waals surface area contributed by atoms with E-state index in [1.54, 1.807) is 49.3 Å². The van der Waals surface area contributed by atoms with Crippen LogP contribution in [0.5, 0.6) is 0 Å². The highest BCUT2D eigenvalue weighted by atomic mass is 16.2. The molecule has 1 aliphatic carbocycles. The van der Waals surface area contributed by atoms with E-state index >= 15 is 0 Å². The van der Waals surface area contributed by atoms with Gasteiger partial charge < -0.3 is 25.8 Å². The van der Waals surface area contributed by atoms with Gasteiger partial charge in [0.15, 0.2) is 0 Å². The van der Waals surface area contributed by atoms with Crippen LogP contribution in [0.15, 0.2) is 30.3 Å². The van der Waals surface area contributed by atoms with Crippen LogP contribution in [-0.2, 0) is 28.8 Å². The predicted octanol–water partition coefficient (Wildman–Crippen LogP) is 2.76. The molecule has 1 saturated heterocycles. The average Bonchev–Trinajstić information content (AvgIpc) is 3.38. The number of ketones is 1. The molecule has 13 heteroatoms. The van der Waals surface area contributed by atoms with E-state index in [1.165, 1.54) is 4.90 Å². The van der Waals surface area contributed by atoms with E-state index in [2.05, 4.69) is 61.2 Å². The number of hydrogen-bond donors (Lipinski definition) is 5. The minimum Gasteiger partial charge on any atom is -0.347 e. The lowest BCUT2D eigenvalue weighted by Crippen LogP contribution is -2.62. The zero-order valence-corrected chi connectivity index (χ0v) is 34.0. The second-order valence-corrected chi connectivity index (χ2v) is 17.2. The lowest BCUT2D eigenvalue weighted by Gasteiger charge is -2.39. The van der Waals surface area contributed by atoms with Gasteiger partial charge in [-0.15, -0.1) is 0 Å². The van der Waals surface area contributed by atoms with Gasteiger partial charge in [-0.05, 0) is 54.4 Å². The van der Waals surface area contributed by atoms with Crippen LogP contribution in [-0.4, -0.2) is 103 Å². The summed E-state index contributed by atoms with van der Waals surface area (Å²) in [5.74, 6) is -3.10. The van der Waals surface area contributed by atoms with Crippen molar-refractivity contribution in [2.75, 3.05) is 27.2 Å². The molecule has 0 spiro atoms. The van der Waals surface area contributed by atoms with Crippen molar-refractivity contribution in [2.45, 2.75) is 125 Å². The predicted molar refractivity (Wildman–Crippen MR) is 205 cm³/mol.